The lowest BCUT2D eigenvalue weighted by atomic mass is 10.3. The number of likely N-dealkylation sites (N-methyl/N-ethyl adjacent to an activating group) is 1. The predicted octanol–water partition coefficient (Wildman–Crippen LogP) is 2.89. The van der Waals surface area contributed by atoms with E-state index in [2.05, 4.69) is 34.7 Å². The van der Waals surface area contributed by atoms with Crippen molar-refractivity contribution in [2.24, 2.45) is 0 Å². The van der Waals surface area contributed by atoms with Crippen molar-refractivity contribution in [1.82, 2.24) is 19.4 Å². The number of hydrogen-bond donors (Lipinski definition) is 0. The maximum Gasteiger partial charge on any atom is 0.233 e. The number of carbonyl (C=O) groups is 1. The highest BCUT2D eigenvalue weighted by Crippen LogP contribution is 2.28. The molecule has 2 heterocycles. The van der Waals surface area contributed by atoms with E-state index in [1.165, 1.54) is 11.8 Å². The first kappa shape index (κ1) is 17.1. The van der Waals surface area contributed by atoms with Crippen LogP contribution in [0.5, 0.6) is 0 Å². The molecule has 26 heavy (non-hydrogen) atoms. The van der Waals surface area contributed by atoms with Gasteiger partial charge in [0.2, 0.25) is 5.91 Å². The smallest absolute Gasteiger partial charge is 0.233 e. The first-order valence-electron chi connectivity index (χ1n) is 8.84. The number of aromatic nitrogens is 2. The van der Waals surface area contributed by atoms with Crippen molar-refractivity contribution in [1.29, 1.82) is 0 Å². The molecule has 3 aromatic rings. The van der Waals surface area contributed by atoms with Gasteiger partial charge in [0.15, 0.2) is 5.16 Å². The zero-order chi connectivity index (χ0) is 17.9. The molecule has 1 amide bonds. The Morgan fingerprint density at radius 1 is 1.00 bits per heavy atom. The number of hydrogen-bond acceptors (Lipinski definition) is 4. The summed E-state index contributed by atoms with van der Waals surface area (Å²) in [4.78, 5) is 21.6. The van der Waals surface area contributed by atoms with Crippen LogP contribution in [-0.2, 0) is 4.79 Å². The molecule has 0 N–H and O–H groups in total. The van der Waals surface area contributed by atoms with Crippen molar-refractivity contribution in [3.8, 4) is 5.69 Å². The normalized spacial score (nSPS) is 15.5. The topological polar surface area (TPSA) is 41.4 Å². The van der Waals surface area contributed by atoms with Crippen LogP contribution in [0.2, 0.25) is 0 Å². The summed E-state index contributed by atoms with van der Waals surface area (Å²) >= 11 is 1.52. The van der Waals surface area contributed by atoms with Crippen LogP contribution in [0.25, 0.3) is 16.7 Å². The molecule has 0 unspecified atom stereocenters. The number of amides is 1. The Morgan fingerprint density at radius 3 is 2.46 bits per heavy atom. The van der Waals surface area contributed by atoms with Crippen molar-refractivity contribution in [3.63, 3.8) is 0 Å². The second-order valence-corrected chi connectivity index (χ2v) is 7.47. The number of benzene rings is 2. The molecular formula is C20H22N4OS. The number of thioether (sulfide) groups is 1. The van der Waals surface area contributed by atoms with Gasteiger partial charge in [0.1, 0.15) is 0 Å². The fourth-order valence-corrected chi connectivity index (χ4v) is 4.13. The largest absolute Gasteiger partial charge is 0.339 e. The third-order valence-electron chi connectivity index (χ3n) is 4.73. The summed E-state index contributed by atoms with van der Waals surface area (Å²) in [6.45, 7) is 3.51. The average molecular weight is 366 g/mol. The lowest BCUT2D eigenvalue weighted by molar-refractivity contribution is -0.129. The third kappa shape index (κ3) is 3.48. The lowest BCUT2D eigenvalue weighted by Gasteiger charge is -2.32. The summed E-state index contributed by atoms with van der Waals surface area (Å²) in [5, 5.41) is 0.861. The quantitative estimate of drug-likeness (QED) is 0.666. The van der Waals surface area contributed by atoms with E-state index in [4.69, 9.17) is 4.98 Å². The van der Waals surface area contributed by atoms with Crippen LogP contribution in [0, 0.1) is 0 Å². The zero-order valence-corrected chi connectivity index (χ0v) is 15.7. The number of fused-ring (bicyclic) bond motifs is 1. The standard InChI is InChI=1S/C20H22N4OS/c1-22-11-13-23(14-12-22)19(25)15-26-20-21-17-9-5-6-10-18(17)24(20)16-7-3-2-4-8-16/h2-10H,11-15H2,1H3. The number of rotatable bonds is 4. The Bertz CT molecular complexity index is 901. The Hall–Kier alpha value is -2.31. The number of nitrogens with zero attached hydrogens (tertiary/aromatic N) is 4. The molecule has 1 saturated heterocycles. The molecule has 1 aliphatic heterocycles. The summed E-state index contributed by atoms with van der Waals surface area (Å²) in [6.07, 6.45) is 0. The summed E-state index contributed by atoms with van der Waals surface area (Å²) in [7, 11) is 2.10. The maximum absolute atomic E-state index is 12.6. The molecule has 0 atom stereocenters. The fourth-order valence-electron chi connectivity index (χ4n) is 3.20. The molecule has 0 bridgehead atoms. The van der Waals surface area contributed by atoms with Crippen LogP contribution in [0.1, 0.15) is 0 Å². The van der Waals surface area contributed by atoms with Crippen LogP contribution in [0.4, 0.5) is 0 Å². The number of para-hydroxylation sites is 3. The summed E-state index contributed by atoms with van der Waals surface area (Å²) in [6, 6.07) is 18.3. The van der Waals surface area contributed by atoms with E-state index < -0.39 is 0 Å². The number of carbonyl (C=O) groups excluding carboxylic acids is 1. The molecule has 0 spiro atoms. The zero-order valence-electron chi connectivity index (χ0n) is 14.8. The van der Waals surface area contributed by atoms with Gasteiger partial charge >= 0.3 is 0 Å². The van der Waals surface area contributed by atoms with Gasteiger partial charge in [-0.05, 0) is 31.3 Å². The van der Waals surface area contributed by atoms with Crippen molar-refractivity contribution >= 4 is 28.7 Å². The Kier molecular flexibility index (Phi) is 4.95. The molecule has 0 saturated carbocycles. The molecule has 0 aliphatic carbocycles. The maximum atomic E-state index is 12.6. The second kappa shape index (κ2) is 7.51. The average Bonchev–Trinajstić information content (AvgIpc) is 3.05. The number of imidazole rings is 1. The molecule has 1 aliphatic rings. The van der Waals surface area contributed by atoms with Crippen molar-refractivity contribution in [2.45, 2.75) is 5.16 Å². The van der Waals surface area contributed by atoms with Crippen LogP contribution in [-0.4, -0.2) is 64.2 Å². The lowest BCUT2D eigenvalue weighted by Crippen LogP contribution is -2.47. The van der Waals surface area contributed by atoms with E-state index in [9.17, 15) is 4.79 Å². The highest BCUT2D eigenvalue weighted by atomic mass is 32.2. The van der Waals surface area contributed by atoms with Gasteiger partial charge in [-0.1, -0.05) is 42.1 Å². The Morgan fingerprint density at radius 2 is 1.69 bits per heavy atom. The highest BCUT2D eigenvalue weighted by molar-refractivity contribution is 7.99. The summed E-state index contributed by atoms with van der Waals surface area (Å²) in [5.41, 5.74) is 3.08. The Balaban J connectivity index is 1.57. The van der Waals surface area contributed by atoms with Gasteiger partial charge in [0.25, 0.3) is 0 Å². The minimum Gasteiger partial charge on any atom is -0.339 e. The van der Waals surface area contributed by atoms with Crippen LogP contribution in [0.15, 0.2) is 59.8 Å². The van der Waals surface area contributed by atoms with Crippen LogP contribution < -0.4 is 0 Å². The number of piperazine rings is 1. The van der Waals surface area contributed by atoms with Crippen molar-refractivity contribution in [3.05, 3.63) is 54.6 Å². The van der Waals surface area contributed by atoms with E-state index in [-0.39, 0.29) is 5.91 Å². The van der Waals surface area contributed by atoms with Crippen LogP contribution in [0.3, 0.4) is 0 Å². The first-order valence-corrected chi connectivity index (χ1v) is 9.83. The molecule has 2 aromatic carbocycles. The molecule has 134 valence electrons. The van der Waals surface area contributed by atoms with Gasteiger partial charge in [-0.2, -0.15) is 0 Å². The molecule has 4 rings (SSSR count). The molecule has 6 heteroatoms. The van der Waals surface area contributed by atoms with Gasteiger partial charge in [0, 0.05) is 31.9 Å². The second-order valence-electron chi connectivity index (χ2n) is 6.53. The third-order valence-corrected chi connectivity index (χ3v) is 5.65. The van der Waals surface area contributed by atoms with Gasteiger partial charge < -0.3 is 9.80 Å². The fraction of sp³-hybridized carbons (Fsp3) is 0.300. The first-order chi connectivity index (χ1) is 12.7. The van der Waals surface area contributed by atoms with E-state index >= 15 is 0 Å². The van der Waals surface area contributed by atoms with Gasteiger partial charge in [-0.3, -0.25) is 9.36 Å². The highest BCUT2D eigenvalue weighted by Gasteiger charge is 2.20. The summed E-state index contributed by atoms with van der Waals surface area (Å²) in [5.74, 6) is 0.606. The van der Waals surface area contributed by atoms with Crippen molar-refractivity contribution in [2.75, 3.05) is 39.0 Å². The van der Waals surface area contributed by atoms with Gasteiger partial charge in [-0.25, -0.2) is 4.98 Å². The molecule has 1 fully saturated rings. The van der Waals surface area contributed by atoms with E-state index in [0.29, 0.717) is 5.75 Å². The monoisotopic (exact) mass is 366 g/mol. The van der Waals surface area contributed by atoms with Crippen molar-refractivity contribution < 1.29 is 4.79 Å². The summed E-state index contributed by atoms with van der Waals surface area (Å²) < 4.78 is 2.14. The SMILES string of the molecule is CN1CCN(C(=O)CSc2nc3ccccc3n2-c2ccccc2)CC1. The van der Waals surface area contributed by atoms with Gasteiger partial charge in [-0.15, -0.1) is 0 Å². The molecule has 5 nitrogen and oxygen atoms in total. The van der Waals surface area contributed by atoms with E-state index in [1.807, 2.05) is 41.3 Å². The van der Waals surface area contributed by atoms with E-state index in [0.717, 1.165) is 48.1 Å². The minimum absolute atomic E-state index is 0.190. The molecular weight excluding hydrogens is 344 g/mol. The molecule has 1 aromatic heterocycles. The Labute approximate surface area is 157 Å². The minimum atomic E-state index is 0.190. The van der Waals surface area contributed by atoms with E-state index in [1.54, 1.807) is 0 Å². The van der Waals surface area contributed by atoms with Crippen LogP contribution >= 0.6 is 11.8 Å². The predicted molar refractivity (Wildman–Crippen MR) is 106 cm³/mol. The molecule has 0 radical (unpaired) electrons. The van der Waals surface area contributed by atoms with Gasteiger partial charge in [0.05, 0.1) is 16.8 Å².